The van der Waals surface area contributed by atoms with Crippen LogP contribution in [0.15, 0.2) is 30.9 Å². The van der Waals surface area contributed by atoms with Crippen molar-refractivity contribution in [3.8, 4) is 11.5 Å². The van der Waals surface area contributed by atoms with Crippen molar-refractivity contribution < 1.29 is 19.0 Å². The van der Waals surface area contributed by atoms with Crippen LogP contribution in [0.25, 0.3) is 0 Å². The Morgan fingerprint density at radius 3 is 2.68 bits per heavy atom. The Kier molecular flexibility index (Phi) is 7.76. The molecule has 1 aromatic rings. The molecule has 1 atom stereocenters. The van der Waals surface area contributed by atoms with Crippen LogP contribution in [0.1, 0.15) is 24.4 Å². The largest absolute Gasteiger partial charge is 0.493 e. The summed E-state index contributed by atoms with van der Waals surface area (Å²) in [6, 6.07) is 5.98. The van der Waals surface area contributed by atoms with Gasteiger partial charge in [0, 0.05) is 26.1 Å². The van der Waals surface area contributed by atoms with E-state index in [0.29, 0.717) is 44.1 Å². The summed E-state index contributed by atoms with van der Waals surface area (Å²) in [5.74, 6) is 1.43. The first-order valence-electron chi connectivity index (χ1n) is 8.61. The maximum Gasteiger partial charge on any atom is 0.220 e. The molecule has 1 aromatic carbocycles. The van der Waals surface area contributed by atoms with E-state index in [9.17, 15) is 4.79 Å². The summed E-state index contributed by atoms with van der Waals surface area (Å²) in [5, 5.41) is 3.04. The van der Waals surface area contributed by atoms with Gasteiger partial charge in [0.2, 0.25) is 5.91 Å². The molecular weight excluding hydrogens is 320 g/mol. The summed E-state index contributed by atoms with van der Waals surface area (Å²) < 4.78 is 16.2. The van der Waals surface area contributed by atoms with Gasteiger partial charge in [0.15, 0.2) is 11.5 Å². The van der Waals surface area contributed by atoms with Crippen molar-refractivity contribution in [3.63, 3.8) is 0 Å². The Labute approximate surface area is 149 Å². The second-order valence-corrected chi connectivity index (χ2v) is 5.91. The van der Waals surface area contributed by atoms with Crippen molar-refractivity contribution in [2.45, 2.75) is 18.9 Å². The second kappa shape index (κ2) is 10.1. The number of hydrogen-bond acceptors (Lipinski definition) is 5. The third-order valence-corrected chi connectivity index (χ3v) is 4.35. The minimum absolute atomic E-state index is 0.0404. The molecule has 1 fully saturated rings. The summed E-state index contributed by atoms with van der Waals surface area (Å²) >= 11 is 0. The lowest BCUT2D eigenvalue weighted by atomic mass is 10.0. The quantitative estimate of drug-likeness (QED) is 0.693. The first kappa shape index (κ1) is 19.3. The number of nitrogens with one attached hydrogen (secondary N) is 1. The fraction of sp³-hybridized carbons (Fsp3) is 0.526. The third-order valence-electron chi connectivity index (χ3n) is 4.35. The van der Waals surface area contributed by atoms with Gasteiger partial charge in [-0.15, -0.1) is 6.58 Å². The van der Waals surface area contributed by atoms with Crippen LogP contribution >= 0.6 is 0 Å². The van der Waals surface area contributed by atoms with Crippen LogP contribution < -0.4 is 14.8 Å². The van der Waals surface area contributed by atoms with Gasteiger partial charge in [0.1, 0.15) is 0 Å². The number of carbonyl (C=O) groups is 1. The zero-order valence-corrected chi connectivity index (χ0v) is 15.1. The number of rotatable bonds is 9. The van der Waals surface area contributed by atoms with Crippen molar-refractivity contribution in [2.75, 3.05) is 47.1 Å². The Balaban J connectivity index is 2.15. The van der Waals surface area contributed by atoms with Gasteiger partial charge < -0.3 is 19.5 Å². The molecule has 6 heteroatoms. The number of hydrogen-bond donors (Lipinski definition) is 1. The highest BCUT2D eigenvalue weighted by Crippen LogP contribution is 2.32. The number of methoxy groups -OCH3 is 2. The molecule has 0 saturated carbocycles. The summed E-state index contributed by atoms with van der Waals surface area (Å²) in [5.41, 5.74) is 1.09. The van der Waals surface area contributed by atoms with E-state index in [1.807, 2.05) is 18.2 Å². The van der Waals surface area contributed by atoms with Crippen molar-refractivity contribution in [3.05, 3.63) is 36.4 Å². The molecule has 1 heterocycles. The van der Waals surface area contributed by atoms with E-state index >= 15 is 0 Å². The highest BCUT2D eigenvalue weighted by Gasteiger charge is 2.24. The van der Waals surface area contributed by atoms with Gasteiger partial charge in [-0.1, -0.05) is 12.1 Å². The van der Waals surface area contributed by atoms with Crippen molar-refractivity contribution in [2.24, 2.45) is 0 Å². The average Bonchev–Trinajstić information content (AvgIpc) is 2.67. The molecule has 1 amide bonds. The Morgan fingerprint density at radius 1 is 1.32 bits per heavy atom. The van der Waals surface area contributed by atoms with Crippen LogP contribution in [0, 0.1) is 0 Å². The summed E-state index contributed by atoms with van der Waals surface area (Å²) in [6.07, 6.45) is 2.91. The van der Waals surface area contributed by atoms with Crippen LogP contribution in [0.2, 0.25) is 0 Å². The number of ether oxygens (including phenoxy) is 3. The molecule has 1 saturated heterocycles. The SMILES string of the molecule is C=CCCC(=O)NC[C@@H](c1ccc(OC)c(OC)c1)N1CCOCC1. The van der Waals surface area contributed by atoms with E-state index in [4.69, 9.17) is 14.2 Å². The zero-order valence-electron chi connectivity index (χ0n) is 15.1. The first-order chi connectivity index (χ1) is 12.2. The minimum atomic E-state index is 0.0404. The lowest BCUT2D eigenvalue weighted by Gasteiger charge is -2.35. The van der Waals surface area contributed by atoms with Gasteiger partial charge in [-0.25, -0.2) is 0 Å². The van der Waals surface area contributed by atoms with Gasteiger partial charge in [-0.3, -0.25) is 9.69 Å². The molecule has 2 rings (SSSR count). The third kappa shape index (κ3) is 5.47. The number of morpholine rings is 1. The van der Waals surface area contributed by atoms with E-state index in [-0.39, 0.29) is 11.9 Å². The van der Waals surface area contributed by atoms with Crippen LogP contribution in [-0.2, 0) is 9.53 Å². The highest BCUT2D eigenvalue weighted by atomic mass is 16.5. The molecule has 138 valence electrons. The summed E-state index contributed by atoms with van der Waals surface area (Å²) in [7, 11) is 3.25. The molecule has 6 nitrogen and oxygen atoms in total. The monoisotopic (exact) mass is 348 g/mol. The van der Waals surface area contributed by atoms with E-state index in [1.165, 1.54) is 0 Å². The van der Waals surface area contributed by atoms with E-state index < -0.39 is 0 Å². The topological polar surface area (TPSA) is 60.0 Å². The predicted molar refractivity (Wildman–Crippen MR) is 97.1 cm³/mol. The number of amides is 1. The molecule has 0 aliphatic carbocycles. The number of benzene rings is 1. The molecule has 1 aliphatic rings. The van der Waals surface area contributed by atoms with E-state index in [0.717, 1.165) is 18.7 Å². The zero-order chi connectivity index (χ0) is 18.1. The lowest BCUT2D eigenvalue weighted by Crippen LogP contribution is -2.43. The number of allylic oxidation sites excluding steroid dienone is 1. The smallest absolute Gasteiger partial charge is 0.220 e. The molecular formula is C19H28N2O4. The van der Waals surface area contributed by atoms with Crippen LogP contribution in [0.3, 0.4) is 0 Å². The molecule has 0 unspecified atom stereocenters. The van der Waals surface area contributed by atoms with Gasteiger partial charge in [-0.05, 0) is 24.1 Å². The van der Waals surface area contributed by atoms with Gasteiger partial charge >= 0.3 is 0 Å². The van der Waals surface area contributed by atoms with Crippen molar-refractivity contribution in [1.82, 2.24) is 10.2 Å². The fourth-order valence-corrected chi connectivity index (χ4v) is 2.94. The maximum atomic E-state index is 12.0. The standard InChI is InChI=1S/C19H28N2O4/c1-4-5-6-19(22)20-14-16(21-9-11-25-12-10-21)15-7-8-17(23-2)18(13-15)24-3/h4,7-8,13,16H,1,5-6,9-12,14H2,2-3H3,(H,20,22)/t16-/m0/s1. The Morgan fingerprint density at radius 2 is 2.04 bits per heavy atom. The molecule has 0 aromatic heterocycles. The maximum absolute atomic E-state index is 12.0. The van der Waals surface area contributed by atoms with Crippen LogP contribution in [-0.4, -0.2) is 57.9 Å². The van der Waals surface area contributed by atoms with Crippen molar-refractivity contribution in [1.29, 1.82) is 0 Å². The van der Waals surface area contributed by atoms with Gasteiger partial charge in [0.05, 0.1) is 33.5 Å². The molecule has 0 bridgehead atoms. The molecule has 1 aliphatic heterocycles. The Hall–Kier alpha value is -2.05. The number of carbonyl (C=O) groups excluding carboxylic acids is 1. The number of nitrogens with zero attached hydrogens (tertiary/aromatic N) is 1. The Bertz CT molecular complexity index is 571. The second-order valence-electron chi connectivity index (χ2n) is 5.91. The molecule has 25 heavy (non-hydrogen) atoms. The van der Waals surface area contributed by atoms with Gasteiger partial charge in [0.25, 0.3) is 0 Å². The van der Waals surface area contributed by atoms with E-state index in [2.05, 4.69) is 16.8 Å². The van der Waals surface area contributed by atoms with Crippen LogP contribution in [0.4, 0.5) is 0 Å². The molecule has 0 radical (unpaired) electrons. The lowest BCUT2D eigenvalue weighted by molar-refractivity contribution is -0.121. The molecule has 0 spiro atoms. The van der Waals surface area contributed by atoms with Crippen LogP contribution in [0.5, 0.6) is 11.5 Å². The molecule has 1 N–H and O–H groups in total. The minimum Gasteiger partial charge on any atom is -0.493 e. The van der Waals surface area contributed by atoms with Gasteiger partial charge in [-0.2, -0.15) is 0 Å². The normalized spacial score (nSPS) is 16.1. The first-order valence-corrected chi connectivity index (χ1v) is 8.61. The highest BCUT2D eigenvalue weighted by molar-refractivity contribution is 5.76. The average molecular weight is 348 g/mol. The fourth-order valence-electron chi connectivity index (χ4n) is 2.94. The van der Waals surface area contributed by atoms with E-state index in [1.54, 1.807) is 20.3 Å². The predicted octanol–water partition coefficient (Wildman–Crippen LogP) is 2.16. The van der Waals surface area contributed by atoms with Crippen molar-refractivity contribution >= 4 is 5.91 Å². The summed E-state index contributed by atoms with van der Waals surface area (Å²) in [4.78, 5) is 14.3. The summed E-state index contributed by atoms with van der Waals surface area (Å²) in [6.45, 7) is 7.28.